The van der Waals surface area contributed by atoms with Crippen LogP contribution in [0.3, 0.4) is 0 Å². The van der Waals surface area contributed by atoms with Crippen LogP contribution >= 0.6 is 15.9 Å². The van der Waals surface area contributed by atoms with Crippen LogP contribution < -0.4 is 0 Å². The summed E-state index contributed by atoms with van der Waals surface area (Å²) in [6.07, 6.45) is 0. The molecule has 0 unspecified atom stereocenters. The van der Waals surface area contributed by atoms with Gasteiger partial charge in [-0.05, 0) is 70.4 Å². The molecule has 0 aliphatic carbocycles. The molecule has 0 saturated heterocycles. The van der Waals surface area contributed by atoms with Crippen molar-refractivity contribution in [2.45, 2.75) is 0 Å². The van der Waals surface area contributed by atoms with Crippen LogP contribution in [0.5, 0.6) is 0 Å². The molecule has 0 aliphatic heterocycles. The van der Waals surface area contributed by atoms with Gasteiger partial charge < -0.3 is 0 Å². The van der Waals surface area contributed by atoms with Crippen molar-refractivity contribution in [3.8, 4) is 22.4 Å². The maximum atomic E-state index is 13.7. The zero-order valence-electron chi connectivity index (χ0n) is 17.0. The van der Waals surface area contributed by atoms with E-state index in [1.807, 2.05) is 12.1 Å². The van der Waals surface area contributed by atoms with E-state index in [-0.39, 0.29) is 5.82 Å². The minimum absolute atomic E-state index is 0.250. The van der Waals surface area contributed by atoms with Gasteiger partial charge in [-0.1, -0.05) is 70.5 Å². The Morgan fingerprint density at radius 3 is 1.97 bits per heavy atom. The van der Waals surface area contributed by atoms with Gasteiger partial charge in [0.05, 0.1) is 11.2 Å². The number of benzene rings is 5. The summed E-state index contributed by atoms with van der Waals surface area (Å²) in [5, 5.41) is 5.74. The van der Waals surface area contributed by atoms with Crippen molar-refractivity contribution in [1.82, 2.24) is 4.98 Å². The van der Waals surface area contributed by atoms with E-state index in [1.165, 1.54) is 28.3 Å². The van der Waals surface area contributed by atoms with Crippen molar-refractivity contribution in [2.24, 2.45) is 0 Å². The summed E-state index contributed by atoms with van der Waals surface area (Å²) < 4.78 is 14.7. The Kier molecular flexibility index (Phi) is 4.51. The monoisotopic (exact) mass is 477 g/mol. The molecule has 0 fully saturated rings. The van der Waals surface area contributed by atoms with Gasteiger partial charge in [-0.2, -0.15) is 0 Å². The molecule has 0 bridgehead atoms. The normalized spacial score (nSPS) is 11.4. The molecule has 1 heterocycles. The van der Waals surface area contributed by atoms with Gasteiger partial charge in [-0.15, -0.1) is 0 Å². The second-order valence-corrected chi connectivity index (χ2v) is 8.80. The van der Waals surface area contributed by atoms with Gasteiger partial charge in [0, 0.05) is 26.2 Å². The third-order valence-corrected chi connectivity index (χ3v) is 6.51. The van der Waals surface area contributed by atoms with Crippen LogP contribution in [-0.4, -0.2) is 4.98 Å². The van der Waals surface area contributed by atoms with Crippen LogP contribution in [0.2, 0.25) is 0 Å². The number of hydrogen-bond donors (Lipinski definition) is 0. The Bertz CT molecular complexity index is 1620. The quantitative estimate of drug-likeness (QED) is 0.227. The molecule has 6 aromatic rings. The minimum atomic E-state index is -0.250. The molecule has 0 atom stereocenters. The Hall–Kier alpha value is -3.56. The second-order valence-electron chi connectivity index (χ2n) is 7.88. The first-order valence-electron chi connectivity index (χ1n) is 10.4. The summed E-state index contributed by atoms with van der Waals surface area (Å²) in [5.74, 6) is -0.250. The maximum absolute atomic E-state index is 13.7. The molecule has 0 saturated carbocycles. The first kappa shape index (κ1) is 19.1. The van der Waals surface area contributed by atoms with Crippen LogP contribution in [0.15, 0.2) is 108 Å². The highest BCUT2D eigenvalue weighted by molar-refractivity contribution is 9.10. The molecule has 0 spiro atoms. The third-order valence-electron chi connectivity index (χ3n) is 5.98. The SMILES string of the molecule is Fc1ccc(-c2nc3ccccc3c3c2cc(-c2ccc(Br)cc2)c2ccccc23)cc1. The van der Waals surface area contributed by atoms with E-state index in [2.05, 4.69) is 82.7 Å². The highest BCUT2D eigenvalue weighted by Crippen LogP contribution is 2.41. The number of hydrogen-bond acceptors (Lipinski definition) is 1. The van der Waals surface area contributed by atoms with Gasteiger partial charge >= 0.3 is 0 Å². The van der Waals surface area contributed by atoms with E-state index in [9.17, 15) is 4.39 Å². The van der Waals surface area contributed by atoms with Crippen molar-refractivity contribution in [1.29, 1.82) is 0 Å². The first-order valence-corrected chi connectivity index (χ1v) is 11.2. The lowest BCUT2D eigenvalue weighted by Crippen LogP contribution is -1.93. The molecule has 152 valence electrons. The van der Waals surface area contributed by atoms with E-state index in [4.69, 9.17) is 4.98 Å². The summed E-state index contributed by atoms with van der Waals surface area (Å²) in [7, 11) is 0. The third kappa shape index (κ3) is 3.09. The van der Waals surface area contributed by atoms with Gasteiger partial charge in [0.1, 0.15) is 5.82 Å². The number of aromatic nitrogens is 1. The molecular formula is C29H17BrFN. The fraction of sp³-hybridized carbons (Fsp3) is 0. The molecule has 5 aromatic carbocycles. The highest BCUT2D eigenvalue weighted by Gasteiger charge is 2.16. The summed E-state index contributed by atoms with van der Waals surface area (Å²) in [5.41, 5.74) is 4.99. The van der Waals surface area contributed by atoms with Crippen molar-refractivity contribution < 1.29 is 4.39 Å². The summed E-state index contributed by atoms with van der Waals surface area (Å²) in [4.78, 5) is 5.03. The molecule has 0 amide bonds. The smallest absolute Gasteiger partial charge is 0.123 e. The number of rotatable bonds is 2. The zero-order valence-corrected chi connectivity index (χ0v) is 18.6. The summed E-state index contributed by atoms with van der Waals surface area (Å²) in [6.45, 7) is 0. The highest BCUT2D eigenvalue weighted by atomic mass is 79.9. The Balaban J connectivity index is 1.82. The minimum Gasteiger partial charge on any atom is -0.247 e. The van der Waals surface area contributed by atoms with Crippen molar-refractivity contribution >= 4 is 48.4 Å². The maximum Gasteiger partial charge on any atom is 0.123 e. The predicted molar refractivity (Wildman–Crippen MR) is 135 cm³/mol. The standard InChI is InChI=1S/C29H17BrFN/c30-20-13-9-18(10-14-20)25-17-26-28(23-6-2-1-5-22(23)25)24-7-3-4-8-27(24)32-29(26)19-11-15-21(31)16-12-19/h1-17H. The summed E-state index contributed by atoms with van der Waals surface area (Å²) in [6, 6.07) is 34.0. The van der Waals surface area contributed by atoms with Gasteiger partial charge in [0.2, 0.25) is 0 Å². The van der Waals surface area contributed by atoms with Gasteiger partial charge in [-0.25, -0.2) is 9.37 Å². The Labute approximate surface area is 193 Å². The van der Waals surface area contributed by atoms with Crippen LogP contribution in [0.1, 0.15) is 0 Å². The van der Waals surface area contributed by atoms with Crippen LogP contribution in [-0.2, 0) is 0 Å². The van der Waals surface area contributed by atoms with E-state index in [0.29, 0.717) is 0 Å². The number of pyridine rings is 1. The Morgan fingerprint density at radius 1 is 0.594 bits per heavy atom. The topological polar surface area (TPSA) is 12.9 Å². The van der Waals surface area contributed by atoms with Gasteiger partial charge in [0.25, 0.3) is 0 Å². The van der Waals surface area contributed by atoms with Crippen LogP contribution in [0, 0.1) is 5.82 Å². The number of fused-ring (bicyclic) bond motifs is 5. The van der Waals surface area contributed by atoms with Crippen LogP contribution in [0.25, 0.3) is 54.8 Å². The molecule has 32 heavy (non-hydrogen) atoms. The molecular weight excluding hydrogens is 461 g/mol. The molecule has 3 heteroatoms. The molecule has 1 nitrogen and oxygen atoms in total. The van der Waals surface area contributed by atoms with Crippen molar-refractivity contribution in [2.75, 3.05) is 0 Å². The molecule has 0 radical (unpaired) electrons. The van der Waals surface area contributed by atoms with Crippen LogP contribution in [0.4, 0.5) is 4.39 Å². The van der Waals surface area contributed by atoms with Crippen molar-refractivity contribution in [3.05, 3.63) is 113 Å². The first-order chi connectivity index (χ1) is 15.7. The average molecular weight is 478 g/mol. The molecule has 0 aliphatic rings. The van der Waals surface area contributed by atoms with E-state index >= 15 is 0 Å². The zero-order chi connectivity index (χ0) is 21.7. The number of halogens is 2. The number of para-hydroxylation sites is 1. The van der Waals surface area contributed by atoms with Gasteiger partial charge in [0.15, 0.2) is 0 Å². The largest absolute Gasteiger partial charge is 0.247 e. The van der Waals surface area contributed by atoms with Gasteiger partial charge in [-0.3, -0.25) is 0 Å². The fourth-order valence-electron chi connectivity index (χ4n) is 4.51. The molecule has 0 N–H and O–H groups in total. The molecule has 1 aromatic heterocycles. The lowest BCUT2D eigenvalue weighted by atomic mass is 9.90. The van der Waals surface area contributed by atoms with E-state index < -0.39 is 0 Å². The molecule has 6 rings (SSSR count). The average Bonchev–Trinajstić information content (AvgIpc) is 2.84. The second kappa shape index (κ2) is 7.54. The van der Waals surface area contributed by atoms with E-state index in [0.717, 1.165) is 43.1 Å². The van der Waals surface area contributed by atoms with Crippen molar-refractivity contribution in [3.63, 3.8) is 0 Å². The lowest BCUT2D eigenvalue weighted by Gasteiger charge is -2.16. The van der Waals surface area contributed by atoms with E-state index in [1.54, 1.807) is 12.1 Å². The number of nitrogens with zero attached hydrogens (tertiary/aromatic N) is 1. The fourth-order valence-corrected chi connectivity index (χ4v) is 4.78. The Morgan fingerprint density at radius 2 is 1.22 bits per heavy atom. The summed E-state index contributed by atoms with van der Waals surface area (Å²) >= 11 is 3.54. The lowest BCUT2D eigenvalue weighted by molar-refractivity contribution is 0.628. The predicted octanol–water partition coefficient (Wildman–Crippen LogP) is 8.78.